The summed E-state index contributed by atoms with van der Waals surface area (Å²) in [7, 11) is 3.07. The highest BCUT2D eigenvalue weighted by Gasteiger charge is 2.28. The van der Waals surface area contributed by atoms with Crippen molar-refractivity contribution in [3.05, 3.63) is 23.8 Å². The van der Waals surface area contributed by atoms with Crippen molar-refractivity contribution in [1.29, 1.82) is 0 Å². The van der Waals surface area contributed by atoms with Crippen LogP contribution in [0.15, 0.2) is 18.2 Å². The normalized spacial score (nSPS) is 19.7. The van der Waals surface area contributed by atoms with Gasteiger partial charge in [-0.3, -0.25) is 4.79 Å². The molecule has 3 rings (SSSR count). The third kappa shape index (κ3) is 4.46. The molecule has 0 spiro atoms. The second-order valence-corrected chi connectivity index (χ2v) is 7.18. The molecular weight excluding hydrogens is 346 g/mol. The molecule has 2 saturated heterocycles. The topological polar surface area (TPSA) is 71.1 Å². The number of hydrogen-bond acceptors (Lipinski definition) is 4. The van der Waals surface area contributed by atoms with Crippen LogP contribution >= 0.6 is 0 Å². The van der Waals surface area contributed by atoms with E-state index in [1.54, 1.807) is 25.3 Å². The van der Waals surface area contributed by atoms with Crippen LogP contribution in [0.2, 0.25) is 0 Å². The maximum Gasteiger partial charge on any atom is 0.320 e. The predicted octanol–water partition coefficient (Wildman–Crippen LogP) is 2.36. The van der Waals surface area contributed by atoms with E-state index in [1.165, 1.54) is 7.11 Å². The van der Waals surface area contributed by atoms with Gasteiger partial charge < -0.3 is 24.6 Å². The largest absolute Gasteiger partial charge is 0.493 e. The number of amides is 3. The molecule has 2 aliphatic heterocycles. The Hall–Kier alpha value is -2.44. The molecule has 7 heteroatoms. The molecule has 7 nitrogen and oxygen atoms in total. The summed E-state index contributed by atoms with van der Waals surface area (Å²) in [5.41, 5.74) is 0.456. The number of urea groups is 1. The molecule has 0 aromatic heterocycles. The fraction of sp³-hybridized carbons (Fsp3) is 0.600. The molecule has 1 atom stereocenters. The Morgan fingerprint density at radius 3 is 2.52 bits per heavy atom. The number of benzene rings is 1. The number of carbonyl (C=O) groups is 2. The van der Waals surface area contributed by atoms with Crippen LogP contribution in [0.25, 0.3) is 0 Å². The molecular formula is C20H29N3O4. The average molecular weight is 375 g/mol. The summed E-state index contributed by atoms with van der Waals surface area (Å²) in [6, 6.07) is 5.41. The Balaban J connectivity index is 1.56. The first-order chi connectivity index (χ1) is 13.1. The Bertz CT molecular complexity index is 673. The van der Waals surface area contributed by atoms with Crippen molar-refractivity contribution in [2.45, 2.75) is 25.7 Å². The van der Waals surface area contributed by atoms with Gasteiger partial charge in [0.25, 0.3) is 5.91 Å². The Labute approximate surface area is 160 Å². The van der Waals surface area contributed by atoms with E-state index in [1.807, 2.05) is 9.80 Å². The lowest BCUT2D eigenvalue weighted by molar-refractivity contribution is 0.0930. The number of para-hydroxylation sites is 1. The van der Waals surface area contributed by atoms with Crippen molar-refractivity contribution in [1.82, 2.24) is 15.1 Å². The minimum absolute atomic E-state index is 0.151. The third-order valence-corrected chi connectivity index (χ3v) is 5.36. The van der Waals surface area contributed by atoms with Crippen molar-refractivity contribution in [2.75, 3.05) is 46.9 Å². The Morgan fingerprint density at radius 2 is 1.81 bits per heavy atom. The minimum atomic E-state index is -0.186. The Kier molecular flexibility index (Phi) is 6.42. The number of ether oxygens (including phenoxy) is 2. The molecule has 2 aliphatic rings. The summed E-state index contributed by atoms with van der Waals surface area (Å²) in [5, 5.41) is 3.00. The van der Waals surface area contributed by atoms with Gasteiger partial charge in [-0.05, 0) is 43.7 Å². The quantitative estimate of drug-likeness (QED) is 0.858. The number of likely N-dealkylation sites (tertiary alicyclic amines) is 2. The molecule has 1 aromatic rings. The van der Waals surface area contributed by atoms with Gasteiger partial charge in [-0.15, -0.1) is 0 Å². The third-order valence-electron chi connectivity index (χ3n) is 5.36. The standard InChI is InChI=1S/C20H29N3O4/c1-26-17-9-5-8-16(18(17)27-2)19(24)21-13-15-7-6-12-23(14-15)20(25)22-10-3-4-11-22/h5,8-9,15H,3-4,6-7,10-14H2,1-2H3,(H,21,24)/t15-/m1/s1. The summed E-state index contributed by atoms with van der Waals surface area (Å²) < 4.78 is 10.6. The number of nitrogens with one attached hydrogen (secondary N) is 1. The van der Waals surface area contributed by atoms with E-state index in [-0.39, 0.29) is 17.9 Å². The number of hydrogen-bond donors (Lipinski definition) is 1. The SMILES string of the molecule is COc1cccc(C(=O)NC[C@H]2CCCN(C(=O)N3CCCC3)C2)c1OC. The molecule has 148 valence electrons. The smallest absolute Gasteiger partial charge is 0.320 e. The van der Waals surface area contributed by atoms with Crippen LogP contribution in [-0.2, 0) is 0 Å². The van der Waals surface area contributed by atoms with Crippen LogP contribution in [0.3, 0.4) is 0 Å². The minimum Gasteiger partial charge on any atom is -0.493 e. The van der Waals surface area contributed by atoms with Crippen molar-refractivity contribution < 1.29 is 19.1 Å². The van der Waals surface area contributed by atoms with Crippen LogP contribution in [0.1, 0.15) is 36.0 Å². The number of piperidine rings is 1. The lowest BCUT2D eigenvalue weighted by Gasteiger charge is -2.35. The van der Waals surface area contributed by atoms with Crippen molar-refractivity contribution in [2.24, 2.45) is 5.92 Å². The summed E-state index contributed by atoms with van der Waals surface area (Å²) >= 11 is 0. The molecule has 3 amide bonds. The van der Waals surface area contributed by atoms with Crippen molar-refractivity contribution >= 4 is 11.9 Å². The van der Waals surface area contributed by atoms with Gasteiger partial charge >= 0.3 is 6.03 Å². The molecule has 2 fully saturated rings. The van der Waals surface area contributed by atoms with E-state index < -0.39 is 0 Å². The molecule has 0 unspecified atom stereocenters. The van der Waals surface area contributed by atoms with E-state index in [0.29, 0.717) is 30.2 Å². The van der Waals surface area contributed by atoms with E-state index >= 15 is 0 Å². The first kappa shape index (κ1) is 19.3. The lowest BCUT2D eigenvalue weighted by atomic mass is 9.98. The predicted molar refractivity (Wildman–Crippen MR) is 102 cm³/mol. The Morgan fingerprint density at radius 1 is 1.07 bits per heavy atom. The average Bonchev–Trinajstić information content (AvgIpc) is 3.25. The summed E-state index contributed by atoms with van der Waals surface area (Å²) in [4.78, 5) is 29.1. The number of rotatable bonds is 5. The highest BCUT2D eigenvalue weighted by molar-refractivity contribution is 5.97. The second-order valence-electron chi connectivity index (χ2n) is 7.18. The van der Waals surface area contributed by atoms with Gasteiger partial charge in [-0.25, -0.2) is 4.79 Å². The van der Waals surface area contributed by atoms with E-state index in [9.17, 15) is 9.59 Å². The molecule has 27 heavy (non-hydrogen) atoms. The highest BCUT2D eigenvalue weighted by atomic mass is 16.5. The summed E-state index contributed by atoms with van der Waals surface area (Å²) in [6.07, 6.45) is 4.19. The lowest BCUT2D eigenvalue weighted by Crippen LogP contribution is -2.48. The number of methoxy groups -OCH3 is 2. The van der Waals surface area contributed by atoms with Crippen LogP contribution in [0.5, 0.6) is 11.5 Å². The zero-order valence-electron chi connectivity index (χ0n) is 16.2. The van der Waals surface area contributed by atoms with Crippen LogP contribution in [-0.4, -0.2) is 68.7 Å². The fourth-order valence-corrected chi connectivity index (χ4v) is 3.91. The van der Waals surface area contributed by atoms with Crippen LogP contribution in [0, 0.1) is 5.92 Å². The van der Waals surface area contributed by atoms with Gasteiger partial charge in [0.15, 0.2) is 11.5 Å². The molecule has 0 radical (unpaired) electrons. The monoisotopic (exact) mass is 375 g/mol. The van der Waals surface area contributed by atoms with E-state index in [4.69, 9.17) is 9.47 Å². The van der Waals surface area contributed by atoms with E-state index in [2.05, 4.69) is 5.32 Å². The highest BCUT2D eigenvalue weighted by Crippen LogP contribution is 2.30. The first-order valence-electron chi connectivity index (χ1n) is 9.67. The molecule has 0 aliphatic carbocycles. The van der Waals surface area contributed by atoms with Gasteiger partial charge in [0.1, 0.15) is 0 Å². The van der Waals surface area contributed by atoms with Gasteiger partial charge in [0.05, 0.1) is 19.8 Å². The summed E-state index contributed by atoms with van der Waals surface area (Å²) in [5.74, 6) is 1.05. The fourth-order valence-electron chi connectivity index (χ4n) is 3.91. The molecule has 0 bridgehead atoms. The molecule has 2 heterocycles. The van der Waals surface area contributed by atoms with E-state index in [0.717, 1.165) is 45.3 Å². The number of carbonyl (C=O) groups excluding carboxylic acids is 2. The van der Waals surface area contributed by atoms with Crippen LogP contribution < -0.4 is 14.8 Å². The molecule has 1 N–H and O–H groups in total. The van der Waals surface area contributed by atoms with Gasteiger partial charge in [-0.2, -0.15) is 0 Å². The zero-order valence-corrected chi connectivity index (χ0v) is 16.2. The second kappa shape index (κ2) is 8.97. The van der Waals surface area contributed by atoms with Gasteiger partial charge in [0.2, 0.25) is 0 Å². The van der Waals surface area contributed by atoms with Crippen molar-refractivity contribution in [3.8, 4) is 11.5 Å². The van der Waals surface area contributed by atoms with Gasteiger partial charge in [-0.1, -0.05) is 6.07 Å². The maximum atomic E-state index is 12.6. The summed E-state index contributed by atoms with van der Waals surface area (Å²) in [6.45, 7) is 3.79. The van der Waals surface area contributed by atoms with Crippen LogP contribution in [0.4, 0.5) is 4.79 Å². The molecule has 0 saturated carbocycles. The number of nitrogens with zero attached hydrogens (tertiary/aromatic N) is 2. The van der Waals surface area contributed by atoms with Crippen molar-refractivity contribution in [3.63, 3.8) is 0 Å². The van der Waals surface area contributed by atoms with Gasteiger partial charge in [0, 0.05) is 32.7 Å². The molecule has 1 aromatic carbocycles. The first-order valence-corrected chi connectivity index (χ1v) is 9.67. The maximum absolute atomic E-state index is 12.6. The zero-order chi connectivity index (χ0) is 19.2.